The molecule has 1 aromatic rings. The smallest absolute Gasteiger partial charge is 0.111 e. The van der Waals surface area contributed by atoms with Crippen LogP contribution in [-0.4, -0.2) is 11.2 Å². The zero-order chi connectivity index (χ0) is 15.9. The molecule has 3 rings (SSSR count). The second-order valence-electron chi connectivity index (χ2n) is 7.77. The lowest BCUT2D eigenvalue weighted by Crippen LogP contribution is -2.34. The molecule has 1 heterocycles. The molecule has 0 saturated heterocycles. The summed E-state index contributed by atoms with van der Waals surface area (Å²) in [7, 11) is 0. The molecule has 0 fully saturated rings. The molecule has 1 aromatic heterocycles. The average molecular weight is 300 g/mol. The molecule has 2 aliphatic rings. The van der Waals surface area contributed by atoms with Crippen molar-refractivity contribution in [3.63, 3.8) is 0 Å². The van der Waals surface area contributed by atoms with E-state index in [1.807, 2.05) is 12.3 Å². The van der Waals surface area contributed by atoms with Crippen LogP contribution in [0.5, 0.6) is 0 Å². The molecule has 2 heteroatoms. The van der Waals surface area contributed by atoms with Gasteiger partial charge in [0.15, 0.2) is 0 Å². The second kappa shape index (κ2) is 5.73. The van der Waals surface area contributed by atoms with E-state index in [0.29, 0.717) is 12.3 Å². The summed E-state index contributed by atoms with van der Waals surface area (Å²) in [5.74, 6) is 1.76. The van der Waals surface area contributed by atoms with Gasteiger partial charge in [-0.15, -0.1) is 0 Å². The average Bonchev–Trinajstić information content (AvgIpc) is 2.80. The molecular formula is C20H28O2. The summed E-state index contributed by atoms with van der Waals surface area (Å²) in [6.07, 6.45) is 9.52. The van der Waals surface area contributed by atoms with Crippen LogP contribution >= 0.6 is 0 Å². The fraction of sp³-hybridized carbons (Fsp3) is 0.600. The molecular weight excluding hydrogens is 272 g/mol. The Balaban J connectivity index is 2.04. The van der Waals surface area contributed by atoms with Crippen molar-refractivity contribution in [1.82, 2.24) is 0 Å². The molecule has 2 aliphatic carbocycles. The fourth-order valence-corrected chi connectivity index (χ4v) is 4.40. The Morgan fingerprint density at radius 3 is 2.77 bits per heavy atom. The molecule has 2 bridgehead atoms. The summed E-state index contributed by atoms with van der Waals surface area (Å²) in [5, 5.41) is 10.2. The first-order valence-electron chi connectivity index (χ1n) is 8.49. The van der Waals surface area contributed by atoms with Gasteiger partial charge in [0, 0.05) is 12.0 Å². The highest BCUT2D eigenvalue weighted by molar-refractivity contribution is 5.40. The van der Waals surface area contributed by atoms with Gasteiger partial charge in [0.25, 0.3) is 0 Å². The maximum Gasteiger partial charge on any atom is 0.111 e. The minimum absolute atomic E-state index is 0.161. The molecule has 0 aromatic carbocycles. The van der Waals surface area contributed by atoms with Gasteiger partial charge < -0.3 is 9.52 Å². The van der Waals surface area contributed by atoms with E-state index in [1.54, 1.807) is 0 Å². The molecule has 22 heavy (non-hydrogen) atoms. The van der Waals surface area contributed by atoms with Crippen LogP contribution in [-0.2, 0) is 18.3 Å². The Kier molecular flexibility index (Phi) is 4.07. The van der Waals surface area contributed by atoms with E-state index in [4.69, 9.17) is 4.42 Å². The van der Waals surface area contributed by atoms with Gasteiger partial charge in [-0.3, -0.25) is 0 Å². The molecule has 0 spiro atoms. The van der Waals surface area contributed by atoms with Gasteiger partial charge >= 0.3 is 0 Å². The van der Waals surface area contributed by atoms with E-state index in [0.717, 1.165) is 31.4 Å². The molecule has 1 N–H and O–H groups in total. The van der Waals surface area contributed by atoms with Crippen molar-refractivity contribution in [1.29, 1.82) is 0 Å². The van der Waals surface area contributed by atoms with Crippen molar-refractivity contribution < 1.29 is 9.52 Å². The maximum absolute atomic E-state index is 10.2. The first-order chi connectivity index (χ1) is 10.4. The predicted molar refractivity (Wildman–Crippen MR) is 90.0 cm³/mol. The minimum atomic E-state index is -0.417. The third-order valence-electron chi connectivity index (χ3n) is 5.63. The van der Waals surface area contributed by atoms with E-state index in [-0.39, 0.29) is 5.41 Å². The molecule has 120 valence electrons. The monoisotopic (exact) mass is 300 g/mol. The summed E-state index contributed by atoms with van der Waals surface area (Å²) in [6, 6.07) is 0. The highest BCUT2D eigenvalue weighted by Crippen LogP contribution is 2.46. The van der Waals surface area contributed by atoms with E-state index >= 15 is 0 Å². The lowest BCUT2D eigenvalue weighted by Gasteiger charge is -2.40. The van der Waals surface area contributed by atoms with E-state index in [9.17, 15) is 5.11 Å². The van der Waals surface area contributed by atoms with E-state index < -0.39 is 6.10 Å². The molecule has 0 radical (unpaired) electrons. The summed E-state index contributed by atoms with van der Waals surface area (Å²) in [6.45, 7) is 11.0. The van der Waals surface area contributed by atoms with Crippen LogP contribution in [0, 0.1) is 5.92 Å². The number of rotatable bonds is 0. The van der Waals surface area contributed by atoms with Gasteiger partial charge in [0.05, 0.1) is 12.4 Å². The van der Waals surface area contributed by atoms with Crippen LogP contribution in [0.25, 0.3) is 0 Å². The van der Waals surface area contributed by atoms with Crippen molar-refractivity contribution >= 4 is 0 Å². The lowest BCUT2D eigenvalue weighted by molar-refractivity contribution is 0.217. The van der Waals surface area contributed by atoms with Crippen molar-refractivity contribution in [2.75, 3.05) is 0 Å². The second-order valence-corrected chi connectivity index (χ2v) is 7.77. The van der Waals surface area contributed by atoms with Crippen LogP contribution in [0.4, 0.5) is 0 Å². The van der Waals surface area contributed by atoms with Crippen LogP contribution in [0.2, 0.25) is 0 Å². The number of aryl methyl sites for hydroxylation is 1. The van der Waals surface area contributed by atoms with Gasteiger partial charge in [-0.05, 0) is 55.9 Å². The molecule has 0 amide bonds. The Labute approximate surface area is 133 Å². The number of fused-ring (bicyclic) bond motifs is 1. The minimum Gasteiger partial charge on any atom is -0.468 e. The molecule has 0 saturated carbocycles. The van der Waals surface area contributed by atoms with E-state index in [2.05, 4.69) is 27.4 Å². The summed E-state index contributed by atoms with van der Waals surface area (Å²) in [4.78, 5) is 0. The third kappa shape index (κ3) is 2.81. The number of aliphatic hydroxyl groups is 1. The SMILES string of the molecule is C=C1CCC2CCc3coc(c3C2(C)C)CC(C)=CC(O)C1. The zero-order valence-corrected chi connectivity index (χ0v) is 14.1. The van der Waals surface area contributed by atoms with Crippen molar-refractivity contribution in [3.8, 4) is 0 Å². The summed E-state index contributed by atoms with van der Waals surface area (Å²) < 4.78 is 5.93. The number of furan rings is 1. The van der Waals surface area contributed by atoms with Gasteiger partial charge in [-0.1, -0.05) is 37.6 Å². The normalized spacial score (nSPS) is 28.5. The first-order valence-corrected chi connectivity index (χ1v) is 8.49. The van der Waals surface area contributed by atoms with Crippen molar-refractivity contribution in [2.45, 2.75) is 70.8 Å². The van der Waals surface area contributed by atoms with Crippen LogP contribution < -0.4 is 0 Å². The standard InChI is InChI=1S/C20H28O2/c1-13-5-7-16-8-6-15-12-22-18(19(15)20(16,3)4)11-14(2)10-17(21)9-13/h10,12,16-17,21H,1,5-9,11H2,2-4H3. The van der Waals surface area contributed by atoms with Gasteiger partial charge in [0.1, 0.15) is 5.76 Å². The van der Waals surface area contributed by atoms with Crippen LogP contribution in [0.3, 0.4) is 0 Å². The fourth-order valence-electron chi connectivity index (χ4n) is 4.40. The first kappa shape index (κ1) is 15.6. The predicted octanol–water partition coefficient (Wildman–Crippen LogP) is 4.71. The van der Waals surface area contributed by atoms with E-state index in [1.165, 1.54) is 28.7 Å². The zero-order valence-electron chi connectivity index (χ0n) is 14.1. The number of aliphatic hydroxyl groups excluding tert-OH is 1. The van der Waals surface area contributed by atoms with Crippen LogP contribution in [0.1, 0.15) is 63.3 Å². The van der Waals surface area contributed by atoms with Gasteiger partial charge in [-0.2, -0.15) is 0 Å². The summed E-state index contributed by atoms with van der Waals surface area (Å²) >= 11 is 0. The van der Waals surface area contributed by atoms with Crippen molar-refractivity contribution in [3.05, 3.63) is 47.0 Å². The highest BCUT2D eigenvalue weighted by Gasteiger charge is 2.39. The van der Waals surface area contributed by atoms with Crippen LogP contribution in [0.15, 0.2) is 34.5 Å². The largest absolute Gasteiger partial charge is 0.468 e. The Morgan fingerprint density at radius 1 is 1.27 bits per heavy atom. The Morgan fingerprint density at radius 2 is 2.00 bits per heavy atom. The summed E-state index contributed by atoms with van der Waals surface area (Å²) in [5.41, 5.74) is 5.33. The molecule has 2 atom stereocenters. The molecule has 0 aliphatic heterocycles. The maximum atomic E-state index is 10.2. The Bertz CT molecular complexity index is 603. The van der Waals surface area contributed by atoms with Crippen molar-refractivity contribution in [2.24, 2.45) is 5.92 Å². The number of hydrogen-bond acceptors (Lipinski definition) is 2. The quantitative estimate of drug-likeness (QED) is 0.704. The van der Waals surface area contributed by atoms with Gasteiger partial charge in [0.2, 0.25) is 0 Å². The highest BCUT2D eigenvalue weighted by atomic mass is 16.3. The lowest BCUT2D eigenvalue weighted by atomic mass is 9.64. The molecule has 2 unspecified atom stereocenters. The topological polar surface area (TPSA) is 33.4 Å². The van der Waals surface area contributed by atoms with Gasteiger partial charge in [-0.25, -0.2) is 0 Å². The Hall–Kier alpha value is -1.28. The number of hydrogen-bond donors (Lipinski definition) is 1. The molecule has 2 nitrogen and oxygen atoms in total. The number of allylic oxidation sites excluding steroid dienone is 1. The third-order valence-corrected chi connectivity index (χ3v) is 5.63.